The van der Waals surface area contributed by atoms with Gasteiger partial charge in [0.05, 0.1) is 12.2 Å². The largest absolute Gasteiger partial charge is 0.494 e. The molecule has 20 heavy (non-hydrogen) atoms. The van der Waals surface area contributed by atoms with Crippen LogP contribution in [0.15, 0.2) is 35.7 Å². The van der Waals surface area contributed by atoms with Crippen LogP contribution < -0.4 is 4.74 Å². The van der Waals surface area contributed by atoms with Crippen LogP contribution in [0.3, 0.4) is 0 Å². The number of hydrogen-bond acceptors (Lipinski definition) is 5. The summed E-state index contributed by atoms with van der Waals surface area (Å²) < 4.78 is 7.25. The highest BCUT2D eigenvalue weighted by atomic mass is 32.2. The lowest BCUT2D eigenvalue weighted by molar-refractivity contribution is 0.0696. The number of aromatic carboxylic acids is 1. The number of carboxylic acids is 1. The molecule has 0 fully saturated rings. The van der Waals surface area contributed by atoms with Crippen LogP contribution in [0.2, 0.25) is 0 Å². The second-order valence-corrected chi connectivity index (χ2v) is 5.11. The van der Waals surface area contributed by atoms with Gasteiger partial charge in [0.2, 0.25) is 0 Å². The Morgan fingerprint density at radius 1 is 1.50 bits per heavy atom. The number of carboxylic acid groups (broad SMARTS) is 1. The molecule has 7 heteroatoms. The lowest BCUT2D eigenvalue weighted by Gasteiger charge is -2.06. The van der Waals surface area contributed by atoms with Gasteiger partial charge in [0, 0.05) is 12.8 Å². The molecule has 1 heterocycles. The number of rotatable bonds is 7. The first-order chi connectivity index (χ1) is 9.66. The first kappa shape index (κ1) is 14.4. The predicted octanol–water partition coefficient (Wildman–Crippen LogP) is 2.07. The van der Waals surface area contributed by atoms with Crippen LogP contribution in [0.5, 0.6) is 5.75 Å². The topological polar surface area (TPSA) is 77.2 Å². The summed E-state index contributed by atoms with van der Waals surface area (Å²) in [7, 11) is 1.85. The van der Waals surface area contributed by atoms with Crippen molar-refractivity contribution >= 4 is 17.7 Å². The van der Waals surface area contributed by atoms with Gasteiger partial charge < -0.3 is 9.84 Å². The van der Waals surface area contributed by atoms with E-state index in [1.165, 1.54) is 12.4 Å². The molecule has 1 N–H and O–H groups in total. The normalized spacial score (nSPS) is 10.4. The minimum atomic E-state index is -0.951. The lowest BCUT2D eigenvalue weighted by Crippen LogP contribution is -2.01. The molecule has 6 nitrogen and oxygen atoms in total. The van der Waals surface area contributed by atoms with Gasteiger partial charge >= 0.3 is 5.97 Å². The number of aryl methyl sites for hydroxylation is 1. The molecule has 0 amide bonds. The molecule has 0 bridgehead atoms. The zero-order valence-electron chi connectivity index (χ0n) is 11.0. The van der Waals surface area contributed by atoms with E-state index in [4.69, 9.17) is 9.84 Å². The molecular weight excluding hydrogens is 278 g/mol. The Morgan fingerprint density at radius 3 is 3.05 bits per heavy atom. The van der Waals surface area contributed by atoms with Crippen LogP contribution in [0.1, 0.15) is 16.8 Å². The van der Waals surface area contributed by atoms with E-state index in [0.29, 0.717) is 12.4 Å². The molecule has 0 aliphatic rings. The van der Waals surface area contributed by atoms with Crippen molar-refractivity contribution < 1.29 is 14.6 Å². The molecule has 0 atom stereocenters. The first-order valence-corrected chi connectivity index (χ1v) is 7.08. The van der Waals surface area contributed by atoms with Crippen molar-refractivity contribution in [3.63, 3.8) is 0 Å². The third kappa shape index (κ3) is 3.99. The molecule has 0 aliphatic carbocycles. The van der Waals surface area contributed by atoms with Crippen molar-refractivity contribution in [3.8, 4) is 5.75 Å². The van der Waals surface area contributed by atoms with Crippen molar-refractivity contribution in [1.29, 1.82) is 0 Å². The van der Waals surface area contributed by atoms with E-state index in [1.54, 1.807) is 34.6 Å². The second-order valence-electron chi connectivity index (χ2n) is 4.05. The minimum Gasteiger partial charge on any atom is -0.494 e. The Hall–Kier alpha value is -2.02. The quantitative estimate of drug-likeness (QED) is 0.622. The van der Waals surface area contributed by atoms with Gasteiger partial charge in [0.1, 0.15) is 12.1 Å². The molecule has 2 rings (SSSR count). The third-order valence-electron chi connectivity index (χ3n) is 2.54. The summed E-state index contributed by atoms with van der Waals surface area (Å²) in [5, 5.41) is 13.7. The Labute approximate surface area is 120 Å². The number of nitrogens with zero attached hydrogens (tertiary/aromatic N) is 3. The van der Waals surface area contributed by atoms with Gasteiger partial charge in [0.25, 0.3) is 0 Å². The van der Waals surface area contributed by atoms with Crippen LogP contribution in [-0.2, 0) is 7.05 Å². The van der Waals surface area contributed by atoms with E-state index >= 15 is 0 Å². The summed E-state index contributed by atoms with van der Waals surface area (Å²) in [6, 6.07) is 6.49. The van der Waals surface area contributed by atoms with E-state index in [1.807, 2.05) is 7.05 Å². The van der Waals surface area contributed by atoms with E-state index in [2.05, 4.69) is 10.1 Å². The fraction of sp³-hybridized carbons (Fsp3) is 0.308. The molecule has 0 saturated heterocycles. The molecular formula is C13H15N3O3S. The maximum absolute atomic E-state index is 10.8. The fourth-order valence-electron chi connectivity index (χ4n) is 1.55. The van der Waals surface area contributed by atoms with E-state index in [9.17, 15) is 4.79 Å². The molecule has 0 saturated carbocycles. The standard InChI is InChI=1S/C13H15N3O3S/c1-16-13(14-9-15-16)20-7-3-6-19-11-5-2-4-10(8-11)12(17)18/h2,4-5,8-9H,3,6-7H2,1H3,(H,17,18). The summed E-state index contributed by atoms with van der Waals surface area (Å²) in [6.07, 6.45) is 2.37. The zero-order chi connectivity index (χ0) is 14.4. The smallest absolute Gasteiger partial charge is 0.335 e. The number of thioether (sulfide) groups is 1. The van der Waals surface area contributed by atoms with Gasteiger partial charge in [0.15, 0.2) is 5.16 Å². The average Bonchev–Trinajstić information content (AvgIpc) is 2.84. The van der Waals surface area contributed by atoms with E-state index in [-0.39, 0.29) is 5.56 Å². The summed E-state index contributed by atoms with van der Waals surface area (Å²) in [5.41, 5.74) is 0.232. The first-order valence-electron chi connectivity index (χ1n) is 6.10. The van der Waals surface area contributed by atoms with Gasteiger partial charge in [-0.1, -0.05) is 17.8 Å². The summed E-state index contributed by atoms with van der Waals surface area (Å²) in [6.45, 7) is 0.536. The van der Waals surface area contributed by atoms with Crippen LogP contribution >= 0.6 is 11.8 Å². The third-order valence-corrected chi connectivity index (χ3v) is 3.66. The van der Waals surface area contributed by atoms with Crippen LogP contribution in [0.25, 0.3) is 0 Å². The maximum Gasteiger partial charge on any atom is 0.335 e. The molecule has 1 aromatic heterocycles. The molecule has 1 aromatic carbocycles. The summed E-state index contributed by atoms with van der Waals surface area (Å²) in [4.78, 5) is 14.9. The van der Waals surface area contributed by atoms with Crippen LogP contribution in [0.4, 0.5) is 0 Å². The minimum absolute atomic E-state index is 0.232. The van der Waals surface area contributed by atoms with E-state index < -0.39 is 5.97 Å². The average molecular weight is 293 g/mol. The van der Waals surface area contributed by atoms with Gasteiger partial charge in [-0.05, 0) is 24.6 Å². The molecule has 106 valence electrons. The molecule has 0 radical (unpaired) electrons. The summed E-state index contributed by atoms with van der Waals surface area (Å²) >= 11 is 1.61. The molecule has 0 unspecified atom stereocenters. The Balaban J connectivity index is 1.72. The number of carbonyl (C=O) groups is 1. The zero-order valence-corrected chi connectivity index (χ0v) is 11.8. The van der Waals surface area contributed by atoms with Gasteiger partial charge in [-0.25, -0.2) is 14.5 Å². The Kier molecular flexibility index (Phi) is 5.00. The van der Waals surface area contributed by atoms with Gasteiger partial charge in [-0.3, -0.25) is 0 Å². The van der Waals surface area contributed by atoms with Crippen molar-refractivity contribution in [2.24, 2.45) is 7.05 Å². The number of benzene rings is 1. The van der Waals surface area contributed by atoms with Crippen molar-refractivity contribution in [2.75, 3.05) is 12.4 Å². The highest BCUT2D eigenvalue weighted by molar-refractivity contribution is 7.99. The SMILES string of the molecule is Cn1ncnc1SCCCOc1cccc(C(=O)O)c1. The van der Waals surface area contributed by atoms with Gasteiger partial charge in [-0.2, -0.15) is 5.10 Å². The number of hydrogen-bond donors (Lipinski definition) is 1. The van der Waals surface area contributed by atoms with Crippen molar-refractivity contribution in [1.82, 2.24) is 14.8 Å². The highest BCUT2D eigenvalue weighted by Crippen LogP contribution is 2.16. The Bertz CT molecular complexity index is 586. The molecule has 2 aromatic rings. The summed E-state index contributed by atoms with van der Waals surface area (Å²) in [5.74, 6) is 0.493. The van der Waals surface area contributed by atoms with E-state index in [0.717, 1.165) is 17.3 Å². The monoisotopic (exact) mass is 293 g/mol. The molecule has 0 aliphatic heterocycles. The van der Waals surface area contributed by atoms with Crippen LogP contribution in [-0.4, -0.2) is 38.2 Å². The lowest BCUT2D eigenvalue weighted by atomic mass is 10.2. The van der Waals surface area contributed by atoms with Crippen molar-refractivity contribution in [3.05, 3.63) is 36.2 Å². The number of ether oxygens (including phenoxy) is 1. The van der Waals surface area contributed by atoms with Crippen molar-refractivity contribution in [2.45, 2.75) is 11.6 Å². The number of aromatic nitrogens is 3. The molecule has 0 spiro atoms. The Morgan fingerprint density at radius 2 is 2.35 bits per heavy atom. The van der Waals surface area contributed by atoms with Crippen LogP contribution in [0, 0.1) is 0 Å². The maximum atomic E-state index is 10.8. The highest BCUT2D eigenvalue weighted by Gasteiger charge is 2.04. The fourth-order valence-corrected chi connectivity index (χ4v) is 2.35. The predicted molar refractivity (Wildman–Crippen MR) is 75.2 cm³/mol. The second kappa shape index (κ2) is 6.95. The van der Waals surface area contributed by atoms with Gasteiger partial charge in [-0.15, -0.1) is 0 Å².